The fraction of sp³-hybridized carbons (Fsp3) is 0. The quantitative estimate of drug-likeness (QED) is 0.183. The van der Waals surface area contributed by atoms with Crippen LogP contribution in [-0.2, 0) is 11.8 Å². The number of para-hydroxylation sites is 4. The van der Waals surface area contributed by atoms with E-state index in [0.717, 1.165) is 71.8 Å². The topological polar surface area (TPSA) is 36.5 Å². The highest BCUT2D eigenvalue weighted by Gasteiger charge is 2.44. The van der Waals surface area contributed by atoms with Crippen LogP contribution < -0.4 is 25.4 Å². The molecule has 1 unspecified atom stereocenters. The largest absolute Gasteiger partial charge is 0.456 e. The second kappa shape index (κ2) is 7.92. The van der Waals surface area contributed by atoms with Crippen molar-refractivity contribution in [2.75, 3.05) is 0 Å². The van der Waals surface area contributed by atoms with Crippen LogP contribution in [0.4, 0.5) is 0 Å². The Morgan fingerprint density at radius 2 is 1.19 bits per heavy atom. The smallest absolute Gasteiger partial charge is 0.179 e. The lowest BCUT2D eigenvalue weighted by atomic mass is 10.1. The molecule has 0 bridgehead atoms. The van der Waals surface area contributed by atoms with Gasteiger partial charge in [0.25, 0.3) is 0 Å². The van der Waals surface area contributed by atoms with Crippen molar-refractivity contribution in [3.05, 3.63) is 121 Å². The first-order chi connectivity index (χ1) is 20.7. The van der Waals surface area contributed by atoms with Crippen molar-refractivity contribution < 1.29 is 13.9 Å². The molecule has 0 radical (unpaired) electrons. The molecule has 1 atom stereocenters. The van der Waals surface area contributed by atoms with Gasteiger partial charge in [-0.2, -0.15) is 0 Å². The molecule has 0 spiro atoms. The number of aromatic nitrogens is 1. The normalized spacial score (nSPS) is 16.7. The van der Waals surface area contributed by atoms with Crippen molar-refractivity contribution in [2.45, 2.75) is 0 Å². The van der Waals surface area contributed by atoms with Gasteiger partial charge < -0.3 is 18.5 Å². The maximum absolute atomic E-state index is 6.88. The summed E-state index contributed by atoms with van der Waals surface area (Å²) in [6.45, 7) is 0. The molecule has 198 valence electrons. The molecule has 2 aliphatic rings. The highest BCUT2D eigenvalue weighted by Crippen LogP contribution is 2.60. The van der Waals surface area contributed by atoms with Gasteiger partial charge in [0.1, 0.15) is 22.8 Å². The van der Waals surface area contributed by atoms with E-state index >= 15 is 0 Å². The van der Waals surface area contributed by atoms with E-state index in [1.807, 2.05) is 36.4 Å². The third-order valence-corrected chi connectivity index (χ3v) is 13.5. The van der Waals surface area contributed by atoms with Gasteiger partial charge in [-0.05, 0) is 42.5 Å². The molecule has 0 aliphatic carbocycles. The summed E-state index contributed by atoms with van der Waals surface area (Å²) in [5, 5.41) is 7.49. The Kier molecular flexibility index (Phi) is 4.30. The summed E-state index contributed by atoms with van der Waals surface area (Å²) in [5.41, 5.74) is 4.77. The van der Waals surface area contributed by atoms with Crippen LogP contribution >= 0.6 is 6.04 Å². The van der Waals surface area contributed by atoms with Crippen molar-refractivity contribution in [3.63, 3.8) is 0 Å². The number of hydrogen-bond donors (Lipinski definition) is 0. The minimum atomic E-state index is -2.54. The molecule has 2 aromatic heterocycles. The van der Waals surface area contributed by atoms with E-state index in [4.69, 9.17) is 25.7 Å². The van der Waals surface area contributed by atoms with Gasteiger partial charge in [0.2, 0.25) is 0 Å². The zero-order valence-corrected chi connectivity index (χ0v) is 23.8. The van der Waals surface area contributed by atoms with Gasteiger partial charge in [-0.25, -0.2) is 0 Å². The highest BCUT2D eigenvalue weighted by molar-refractivity contribution is 8.26. The van der Waals surface area contributed by atoms with Gasteiger partial charge in [0, 0.05) is 44.3 Å². The standard InChI is InChI=1S/C36H20NO3PS/c42-41-32-16-8-7-15-29(32)38-30-19-21(37-26-12-4-1-9-22(26)23-10-2-5-13-27(23)37)20-31(36(30)41)40-35-33(41)18-17-25-24-11-3-6-14-28(24)39-34(25)35/h1-20H. The van der Waals surface area contributed by atoms with E-state index in [1.54, 1.807) is 0 Å². The maximum Gasteiger partial charge on any atom is 0.179 e. The molecule has 6 aromatic carbocycles. The molecule has 10 rings (SSSR count). The molecule has 0 N–H and O–H groups in total. The fourth-order valence-electron chi connectivity index (χ4n) is 6.87. The van der Waals surface area contributed by atoms with Gasteiger partial charge in [0.15, 0.2) is 11.3 Å². The van der Waals surface area contributed by atoms with Crippen molar-refractivity contribution >= 4 is 77.5 Å². The summed E-state index contributed by atoms with van der Waals surface area (Å²) in [7, 11) is 0. The first-order valence-corrected chi connectivity index (χ1v) is 16.7. The van der Waals surface area contributed by atoms with E-state index < -0.39 is 6.04 Å². The first-order valence-electron chi connectivity index (χ1n) is 13.9. The molecular formula is C36H20NO3PS. The van der Waals surface area contributed by atoms with Gasteiger partial charge in [0.05, 0.1) is 28.1 Å². The summed E-state index contributed by atoms with van der Waals surface area (Å²) in [4.78, 5) is 0. The summed E-state index contributed by atoms with van der Waals surface area (Å²) in [5.74, 6) is 2.99. The number of rotatable bonds is 1. The molecule has 0 amide bonds. The second-order valence-electron chi connectivity index (χ2n) is 10.8. The molecule has 2 aliphatic heterocycles. The Balaban J connectivity index is 1.32. The minimum absolute atomic E-state index is 0.710. The molecule has 0 saturated carbocycles. The lowest BCUT2D eigenvalue weighted by molar-refractivity contribution is 0.463. The molecule has 0 fully saturated rings. The van der Waals surface area contributed by atoms with Crippen LogP contribution in [-0.4, -0.2) is 4.57 Å². The lowest BCUT2D eigenvalue weighted by Crippen LogP contribution is -2.35. The minimum Gasteiger partial charge on any atom is -0.456 e. The third kappa shape index (κ3) is 2.75. The summed E-state index contributed by atoms with van der Waals surface area (Å²) >= 11 is 6.80. The molecular weight excluding hydrogens is 557 g/mol. The molecule has 42 heavy (non-hydrogen) atoms. The van der Waals surface area contributed by atoms with Gasteiger partial charge in [-0.3, -0.25) is 0 Å². The Hall–Kier alpha value is -4.83. The van der Waals surface area contributed by atoms with E-state index in [9.17, 15) is 0 Å². The van der Waals surface area contributed by atoms with Crippen LogP contribution in [0.1, 0.15) is 0 Å². The maximum atomic E-state index is 6.88. The monoisotopic (exact) mass is 577 g/mol. The SMILES string of the molecule is S=P12c3ccccc3Oc3cc(-n4c5ccccc5c5ccccc54)cc(c31)Oc1c2ccc2c1oc1ccccc12. The second-order valence-corrected chi connectivity index (χ2v) is 15.1. The van der Waals surface area contributed by atoms with Gasteiger partial charge >= 0.3 is 0 Å². The summed E-state index contributed by atoms with van der Waals surface area (Å²) < 4.78 is 22.3. The molecule has 8 aromatic rings. The average molecular weight is 578 g/mol. The Labute approximate surface area is 245 Å². The van der Waals surface area contributed by atoms with Crippen molar-refractivity contribution in [1.29, 1.82) is 0 Å². The van der Waals surface area contributed by atoms with Crippen LogP contribution in [0.15, 0.2) is 126 Å². The number of furan rings is 1. The van der Waals surface area contributed by atoms with E-state index in [-0.39, 0.29) is 0 Å². The predicted octanol–water partition coefficient (Wildman–Crippen LogP) is 8.65. The molecule has 4 nitrogen and oxygen atoms in total. The zero-order valence-electron chi connectivity index (χ0n) is 22.1. The number of ether oxygens (including phenoxy) is 2. The van der Waals surface area contributed by atoms with Crippen LogP contribution in [0.5, 0.6) is 23.0 Å². The Bertz CT molecular complexity index is 2470. The Morgan fingerprint density at radius 3 is 1.98 bits per heavy atom. The lowest BCUT2D eigenvalue weighted by Gasteiger charge is -2.37. The number of nitrogens with zero attached hydrogens (tertiary/aromatic N) is 1. The average Bonchev–Trinajstić information content (AvgIpc) is 3.57. The van der Waals surface area contributed by atoms with Crippen LogP contribution in [0.25, 0.3) is 49.4 Å². The van der Waals surface area contributed by atoms with E-state index in [1.165, 1.54) is 10.8 Å². The molecule has 0 saturated heterocycles. The van der Waals surface area contributed by atoms with Crippen molar-refractivity contribution in [2.24, 2.45) is 0 Å². The van der Waals surface area contributed by atoms with E-state index in [0.29, 0.717) is 5.75 Å². The summed E-state index contributed by atoms with van der Waals surface area (Å²) in [6, 6.07) is 39.3. The van der Waals surface area contributed by atoms with Crippen molar-refractivity contribution in [3.8, 4) is 28.7 Å². The number of hydrogen-bond acceptors (Lipinski definition) is 4. The van der Waals surface area contributed by atoms with Crippen LogP contribution in [0, 0.1) is 0 Å². The number of benzene rings is 6. The van der Waals surface area contributed by atoms with Crippen LogP contribution in [0.3, 0.4) is 0 Å². The van der Waals surface area contributed by atoms with E-state index in [2.05, 4.69) is 89.5 Å². The highest BCUT2D eigenvalue weighted by atomic mass is 32.4. The number of fused-ring (bicyclic) bond motifs is 11. The predicted molar refractivity (Wildman–Crippen MR) is 174 cm³/mol. The van der Waals surface area contributed by atoms with Crippen molar-refractivity contribution in [1.82, 2.24) is 4.57 Å². The summed E-state index contributed by atoms with van der Waals surface area (Å²) in [6.07, 6.45) is 0. The van der Waals surface area contributed by atoms with Gasteiger partial charge in [-0.1, -0.05) is 78.5 Å². The first kappa shape index (κ1) is 22.8. The zero-order chi connectivity index (χ0) is 27.6. The van der Waals surface area contributed by atoms with Crippen LogP contribution in [0.2, 0.25) is 0 Å². The Morgan fingerprint density at radius 1 is 0.548 bits per heavy atom. The third-order valence-electron chi connectivity index (χ3n) is 8.63. The molecule has 4 heterocycles. The molecule has 6 heteroatoms. The van der Waals surface area contributed by atoms with Gasteiger partial charge in [-0.15, -0.1) is 0 Å². The fourth-order valence-corrected chi connectivity index (χ4v) is 11.3.